The van der Waals surface area contributed by atoms with E-state index in [0.717, 1.165) is 51.2 Å². The van der Waals surface area contributed by atoms with E-state index in [-0.39, 0.29) is 5.41 Å². The molecule has 0 saturated heterocycles. The van der Waals surface area contributed by atoms with Gasteiger partial charge in [0.05, 0.1) is 16.2 Å². The topological polar surface area (TPSA) is 9.72 Å². The number of anilines is 9. The minimum Gasteiger partial charge on any atom is -0.310 e. The molecule has 3 nitrogen and oxygen atoms in total. The van der Waals surface area contributed by atoms with Crippen LogP contribution in [0.1, 0.15) is 66.8 Å². The van der Waals surface area contributed by atoms with Crippen molar-refractivity contribution in [1.82, 2.24) is 0 Å². The molecule has 0 aliphatic heterocycles. The fourth-order valence-corrected chi connectivity index (χ4v) is 24.8. The van der Waals surface area contributed by atoms with Crippen LogP contribution in [0.3, 0.4) is 0 Å². The van der Waals surface area contributed by atoms with Crippen LogP contribution < -0.4 is 14.7 Å². The van der Waals surface area contributed by atoms with E-state index in [1.54, 1.807) is 0 Å². The van der Waals surface area contributed by atoms with Crippen molar-refractivity contribution < 1.29 is 0 Å². The second kappa shape index (κ2) is 35.1. The monoisotopic (exact) mass is 1830 g/mol. The SMILES string of the molecule is c1ccc(-c2ccc(-c3ccc(N(c4ccc(-c5ccccc5)cc4)c4ccc5c(c4)C4(c6ccccc6-c6ccccc64)c4ccccc4-5)cc3)cc2)cc1.c1ccc(-c2ccc(N(c3ccc(-c4ccccc4)cc3)c3ccc4c(c3)C3(c5ccccc5-c5ccccc53)c3ccccc3-4)cc2)cc1.c1ccc(N(c2ccccc2)c2ccc3c(c2)C2(c4ccccc4-c4ccccc42)c2ccccc2-3)cc1. The lowest BCUT2D eigenvalue weighted by atomic mass is 9.70. The molecular weight excluding hydrogens is 1740 g/mol. The molecule has 6 aliphatic rings. The van der Waals surface area contributed by atoms with E-state index < -0.39 is 10.8 Å². The van der Waals surface area contributed by atoms with Crippen molar-refractivity contribution in [2.24, 2.45) is 0 Å². The molecule has 29 rings (SSSR count). The molecule has 144 heavy (non-hydrogen) atoms. The highest BCUT2D eigenvalue weighted by Gasteiger charge is 2.55. The van der Waals surface area contributed by atoms with Crippen LogP contribution in [-0.4, -0.2) is 0 Å². The average molecular weight is 1830 g/mol. The molecular formula is C141H95N3. The summed E-state index contributed by atoms with van der Waals surface area (Å²) in [5.41, 5.74) is 53.2. The summed E-state index contributed by atoms with van der Waals surface area (Å²) in [6.07, 6.45) is 0. The van der Waals surface area contributed by atoms with Crippen LogP contribution in [0.15, 0.2) is 576 Å². The zero-order valence-electron chi connectivity index (χ0n) is 79.2. The molecule has 0 aromatic heterocycles. The van der Waals surface area contributed by atoms with E-state index in [0.29, 0.717) is 0 Å². The summed E-state index contributed by atoms with van der Waals surface area (Å²) in [5, 5.41) is 0. The van der Waals surface area contributed by atoms with E-state index in [1.807, 2.05) is 0 Å². The summed E-state index contributed by atoms with van der Waals surface area (Å²) in [6, 6.07) is 211. The molecule has 0 amide bonds. The van der Waals surface area contributed by atoms with Crippen LogP contribution in [0.5, 0.6) is 0 Å². The minimum atomic E-state index is -0.409. The number of rotatable bonds is 14. The fourth-order valence-electron chi connectivity index (χ4n) is 24.8. The van der Waals surface area contributed by atoms with Crippen molar-refractivity contribution in [3.05, 3.63) is 643 Å². The summed E-state index contributed by atoms with van der Waals surface area (Å²) in [5.74, 6) is 0. The highest BCUT2D eigenvalue weighted by atomic mass is 15.2. The van der Waals surface area contributed by atoms with Crippen molar-refractivity contribution >= 4 is 51.2 Å². The Labute approximate surface area is 841 Å². The predicted octanol–water partition coefficient (Wildman–Crippen LogP) is 36.8. The summed E-state index contributed by atoms with van der Waals surface area (Å²) in [4.78, 5) is 7.19. The summed E-state index contributed by atoms with van der Waals surface area (Å²) < 4.78 is 0. The van der Waals surface area contributed by atoms with Crippen molar-refractivity contribution in [2.75, 3.05) is 14.7 Å². The quantitative estimate of drug-likeness (QED) is 0.107. The maximum atomic E-state index is 2.47. The van der Waals surface area contributed by atoms with Gasteiger partial charge in [-0.3, -0.25) is 0 Å². The predicted molar refractivity (Wildman–Crippen MR) is 599 cm³/mol. The van der Waals surface area contributed by atoms with Gasteiger partial charge in [0.1, 0.15) is 0 Å². The van der Waals surface area contributed by atoms with Gasteiger partial charge in [-0.2, -0.15) is 0 Å². The Morgan fingerprint density at radius 3 is 0.396 bits per heavy atom. The van der Waals surface area contributed by atoms with Gasteiger partial charge in [-0.25, -0.2) is 0 Å². The van der Waals surface area contributed by atoms with Gasteiger partial charge >= 0.3 is 0 Å². The zero-order valence-corrected chi connectivity index (χ0v) is 79.2. The van der Waals surface area contributed by atoms with Gasteiger partial charge in [0.25, 0.3) is 0 Å². The average Bonchev–Trinajstić information content (AvgIpc) is 1.52. The van der Waals surface area contributed by atoms with Gasteiger partial charge in [-0.05, 0) is 298 Å². The molecule has 0 radical (unpaired) electrons. The number of nitrogens with zero attached hydrogens (tertiary/aromatic N) is 3. The van der Waals surface area contributed by atoms with Crippen molar-refractivity contribution in [3.8, 4) is 122 Å². The third kappa shape index (κ3) is 13.6. The lowest BCUT2D eigenvalue weighted by Crippen LogP contribution is -2.26. The van der Waals surface area contributed by atoms with Crippen LogP contribution in [-0.2, 0) is 16.2 Å². The number of para-hydroxylation sites is 2. The molecule has 0 bridgehead atoms. The van der Waals surface area contributed by atoms with E-state index in [4.69, 9.17) is 0 Å². The Kier molecular flexibility index (Phi) is 20.7. The third-order valence-electron chi connectivity index (χ3n) is 30.9. The van der Waals surface area contributed by atoms with E-state index in [1.165, 1.54) is 189 Å². The Balaban J connectivity index is 0.000000109. The first kappa shape index (κ1) is 84.7. The molecule has 3 heteroatoms. The molecule has 0 saturated carbocycles. The Bertz CT molecular complexity index is 8510. The molecule has 0 N–H and O–H groups in total. The minimum absolute atomic E-state index is 0.339. The normalized spacial score (nSPS) is 13.0. The molecule has 0 atom stereocenters. The maximum absolute atomic E-state index is 2.47. The van der Waals surface area contributed by atoms with Gasteiger partial charge in [-0.15, -0.1) is 0 Å². The lowest BCUT2D eigenvalue weighted by molar-refractivity contribution is 0.793. The molecule has 0 heterocycles. The summed E-state index contributed by atoms with van der Waals surface area (Å²) in [6.45, 7) is 0. The van der Waals surface area contributed by atoms with Crippen LogP contribution >= 0.6 is 0 Å². The van der Waals surface area contributed by atoms with Crippen molar-refractivity contribution in [3.63, 3.8) is 0 Å². The molecule has 6 aliphatic carbocycles. The fraction of sp³-hybridized carbons (Fsp3) is 0.0213. The molecule has 3 spiro atoms. The first-order chi connectivity index (χ1) is 71.4. The second-order valence-corrected chi connectivity index (χ2v) is 38.3. The molecule has 23 aromatic rings. The number of fused-ring (bicyclic) bond motifs is 30. The number of hydrogen-bond donors (Lipinski definition) is 0. The molecule has 23 aromatic carbocycles. The van der Waals surface area contributed by atoms with Crippen molar-refractivity contribution in [1.29, 1.82) is 0 Å². The molecule has 0 unspecified atom stereocenters. The van der Waals surface area contributed by atoms with Crippen LogP contribution in [0.2, 0.25) is 0 Å². The maximum Gasteiger partial charge on any atom is 0.0726 e. The highest BCUT2D eigenvalue weighted by Crippen LogP contribution is 2.68. The van der Waals surface area contributed by atoms with Gasteiger partial charge < -0.3 is 14.7 Å². The Morgan fingerprint density at radius 1 is 0.0903 bits per heavy atom. The van der Waals surface area contributed by atoms with E-state index in [2.05, 4.69) is 591 Å². The second-order valence-electron chi connectivity index (χ2n) is 38.3. The van der Waals surface area contributed by atoms with E-state index >= 15 is 0 Å². The van der Waals surface area contributed by atoms with E-state index in [9.17, 15) is 0 Å². The van der Waals surface area contributed by atoms with Crippen LogP contribution in [0, 0.1) is 0 Å². The van der Waals surface area contributed by atoms with Crippen LogP contribution in [0.25, 0.3) is 122 Å². The number of hydrogen-bond acceptors (Lipinski definition) is 3. The zero-order chi connectivity index (χ0) is 95.2. The Morgan fingerprint density at radius 2 is 0.215 bits per heavy atom. The van der Waals surface area contributed by atoms with Crippen molar-refractivity contribution in [2.45, 2.75) is 16.2 Å². The first-order valence-corrected chi connectivity index (χ1v) is 50.0. The Hall–Kier alpha value is -18.5. The van der Waals surface area contributed by atoms with Gasteiger partial charge in [-0.1, -0.05) is 467 Å². The smallest absolute Gasteiger partial charge is 0.0726 e. The molecule has 0 fully saturated rings. The van der Waals surface area contributed by atoms with Gasteiger partial charge in [0, 0.05) is 51.2 Å². The molecule has 674 valence electrons. The van der Waals surface area contributed by atoms with Gasteiger partial charge in [0.2, 0.25) is 0 Å². The highest BCUT2D eigenvalue weighted by molar-refractivity contribution is 6.01. The summed E-state index contributed by atoms with van der Waals surface area (Å²) >= 11 is 0. The third-order valence-corrected chi connectivity index (χ3v) is 30.9. The van der Waals surface area contributed by atoms with Gasteiger partial charge in [0.15, 0.2) is 0 Å². The summed E-state index contributed by atoms with van der Waals surface area (Å²) in [7, 11) is 0. The standard InChI is InChI=1S/C55H37N.C49H33N.C37H25N/c1-3-13-38(14-4-1)40-23-25-41(26-24-40)43-29-33-45(34-30-43)56(44-31-27-42(28-32-44)39-15-5-2-6-16-39)46-35-36-50-49-19-9-12-22-53(49)55(54(50)37-46)51-20-10-7-17-47(51)48-18-8-11-21-52(48)55;1-3-13-34(14-4-1)36-23-27-38(28-24-36)50(39-29-25-37(26-30-39)35-15-5-2-6-16-35)40-31-32-44-43-19-9-12-22-47(43)49(48(44)33-40)45-20-10-7-17-41(45)42-18-8-11-21-46(42)49;1-3-13-26(14-4-1)38(27-15-5-2-6-16-27)28-23-24-32-31-19-9-12-22-35(31)37(36(32)25-28)33-20-10-7-17-29(33)30-18-8-11-21-34(30)37/h1-37H;1-33H;1-25H. The first-order valence-electron chi connectivity index (χ1n) is 50.0. The lowest BCUT2D eigenvalue weighted by Gasteiger charge is -2.32. The van der Waals surface area contributed by atoms with Crippen LogP contribution in [0.4, 0.5) is 51.2 Å². The largest absolute Gasteiger partial charge is 0.310 e. The number of benzene rings is 23.